The van der Waals surface area contributed by atoms with Crippen LogP contribution in [0.15, 0.2) is 24.4 Å². The maximum Gasteiger partial charge on any atom is 0.243 e. The summed E-state index contributed by atoms with van der Waals surface area (Å²) in [6.45, 7) is 3.72. The molecule has 2 saturated heterocycles. The Kier molecular flexibility index (Phi) is 5.81. The summed E-state index contributed by atoms with van der Waals surface area (Å²) in [6, 6.07) is 8.35. The average molecular weight is 396 g/mol. The molecule has 0 bridgehead atoms. The quantitative estimate of drug-likeness (QED) is 0.820. The van der Waals surface area contributed by atoms with Crippen molar-refractivity contribution in [1.82, 2.24) is 20.1 Å². The summed E-state index contributed by atoms with van der Waals surface area (Å²) < 4.78 is 0. The Labute approximate surface area is 172 Å². The number of likely N-dealkylation sites (tertiary alicyclic amines) is 2. The highest BCUT2D eigenvalue weighted by Gasteiger charge is 2.52. The molecule has 1 aliphatic carbocycles. The number of hydrogen-bond acceptors (Lipinski definition) is 5. The van der Waals surface area contributed by atoms with E-state index in [4.69, 9.17) is 0 Å². The second kappa shape index (κ2) is 8.50. The molecule has 3 fully saturated rings. The topological polar surface area (TPSA) is 89.3 Å². The zero-order valence-electron chi connectivity index (χ0n) is 16.8. The number of hydrogen-bond donors (Lipinski definition) is 1. The number of pyridine rings is 1. The van der Waals surface area contributed by atoms with Crippen LogP contribution in [0.4, 0.5) is 0 Å². The Morgan fingerprint density at radius 1 is 1.21 bits per heavy atom. The number of nitrogens with one attached hydrogen (secondary N) is 1. The van der Waals surface area contributed by atoms with Crippen LogP contribution in [-0.2, 0) is 16.1 Å². The first kappa shape index (κ1) is 19.8. The molecule has 1 unspecified atom stereocenters. The first-order valence-corrected chi connectivity index (χ1v) is 10.7. The van der Waals surface area contributed by atoms with Gasteiger partial charge in [0, 0.05) is 31.9 Å². The standard InChI is InChI=1S/C22H29N5O2/c23-16-22(8-9-22)21(29)26-12-6-19(7-13-26)27-11-3-4-17(15-27)20(28)25-14-18-5-1-2-10-24-18/h1-2,5,10,17,19H,3-4,6-9,11-15H2,(H,25,28). The Morgan fingerprint density at radius 2 is 2.00 bits per heavy atom. The monoisotopic (exact) mass is 395 g/mol. The van der Waals surface area contributed by atoms with Crippen LogP contribution in [0.1, 0.15) is 44.2 Å². The van der Waals surface area contributed by atoms with Crippen molar-refractivity contribution in [3.8, 4) is 6.07 Å². The Morgan fingerprint density at radius 3 is 2.66 bits per heavy atom. The van der Waals surface area contributed by atoms with Gasteiger partial charge in [0.25, 0.3) is 0 Å². The van der Waals surface area contributed by atoms with Crippen molar-refractivity contribution >= 4 is 11.8 Å². The highest BCUT2D eigenvalue weighted by atomic mass is 16.2. The molecule has 2 aliphatic heterocycles. The van der Waals surface area contributed by atoms with Crippen molar-refractivity contribution in [3.63, 3.8) is 0 Å². The smallest absolute Gasteiger partial charge is 0.243 e. The van der Waals surface area contributed by atoms with E-state index in [1.807, 2.05) is 23.1 Å². The predicted molar refractivity (Wildman–Crippen MR) is 107 cm³/mol. The van der Waals surface area contributed by atoms with Crippen LogP contribution in [0.2, 0.25) is 0 Å². The van der Waals surface area contributed by atoms with Gasteiger partial charge in [0.1, 0.15) is 5.41 Å². The van der Waals surface area contributed by atoms with E-state index in [-0.39, 0.29) is 17.7 Å². The number of amides is 2. The molecule has 1 N–H and O–H groups in total. The minimum absolute atomic E-state index is 0.0143. The molecule has 1 aromatic heterocycles. The fourth-order valence-electron chi connectivity index (χ4n) is 4.61. The summed E-state index contributed by atoms with van der Waals surface area (Å²) in [4.78, 5) is 33.8. The van der Waals surface area contributed by atoms with Crippen LogP contribution in [0.5, 0.6) is 0 Å². The number of aromatic nitrogens is 1. The van der Waals surface area contributed by atoms with E-state index in [0.717, 1.165) is 57.6 Å². The highest BCUT2D eigenvalue weighted by Crippen LogP contribution is 2.46. The molecule has 0 aromatic carbocycles. The number of carbonyl (C=O) groups is 2. The van der Waals surface area contributed by atoms with Gasteiger partial charge in [-0.2, -0.15) is 5.26 Å². The number of piperidine rings is 2. The summed E-state index contributed by atoms with van der Waals surface area (Å²) >= 11 is 0. The number of carbonyl (C=O) groups excluding carboxylic acids is 2. The molecule has 3 heterocycles. The highest BCUT2D eigenvalue weighted by molar-refractivity contribution is 5.88. The minimum atomic E-state index is -0.714. The molecule has 2 amide bonds. The van der Waals surface area contributed by atoms with Crippen LogP contribution in [0.25, 0.3) is 0 Å². The lowest BCUT2D eigenvalue weighted by Gasteiger charge is -2.42. The van der Waals surface area contributed by atoms with Gasteiger partial charge in [-0.15, -0.1) is 0 Å². The van der Waals surface area contributed by atoms with Crippen LogP contribution >= 0.6 is 0 Å². The third-order valence-corrected chi connectivity index (χ3v) is 6.63. The molecule has 1 aromatic rings. The maximum absolute atomic E-state index is 12.6. The molecule has 7 heteroatoms. The molecule has 7 nitrogen and oxygen atoms in total. The largest absolute Gasteiger partial charge is 0.350 e. The average Bonchev–Trinajstić information content (AvgIpc) is 3.59. The lowest BCUT2D eigenvalue weighted by Crippen LogP contribution is -2.52. The summed E-state index contributed by atoms with van der Waals surface area (Å²) in [7, 11) is 0. The molecular weight excluding hydrogens is 366 g/mol. The first-order chi connectivity index (χ1) is 14.1. The van der Waals surface area contributed by atoms with Crippen LogP contribution < -0.4 is 5.32 Å². The second-order valence-corrected chi connectivity index (χ2v) is 8.59. The van der Waals surface area contributed by atoms with Crippen LogP contribution in [0, 0.1) is 22.7 Å². The first-order valence-electron chi connectivity index (χ1n) is 10.7. The number of nitrogens with zero attached hydrogens (tertiary/aromatic N) is 4. The van der Waals surface area contributed by atoms with Crippen LogP contribution in [0.3, 0.4) is 0 Å². The van der Waals surface area contributed by atoms with E-state index < -0.39 is 5.41 Å². The lowest BCUT2D eigenvalue weighted by molar-refractivity contribution is -0.136. The molecular formula is C22H29N5O2. The molecule has 1 atom stereocenters. The molecule has 4 rings (SSSR count). The van der Waals surface area contributed by atoms with Gasteiger partial charge in [-0.1, -0.05) is 6.07 Å². The van der Waals surface area contributed by atoms with Gasteiger partial charge >= 0.3 is 0 Å². The van der Waals surface area contributed by atoms with E-state index in [1.54, 1.807) is 6.20 Å². The van der Waals surface area contributed by atoms with Gasteiger partial charge < -0.3 is 10.2 Å². The fourth-order valence-corrected chi connectivity index (χ4v) is 4.61. The van der Waals surface area contributed by atoms with Gasteiger partial charge in [0.05, 0.1) is 24.2 Å². The lowest BCUT2D eigenvalue weighted by atomic mass is 9.93. The molecule has 1 saturated carbocycles. The molecule has 154 valence electrons. The normalized spacial score (nSPS) is 24.5. The third kappa shape index (κ3) is 4.43. The maximum atomic E-state index is 12.6. The zero-order chi connectivity index (χ0) is 20.3. The van der Waals surface area contributed by atoms with E-state index in [1.165, 1.54) is 0 Å². The van der Waals surface area contributed by atoms with E-state index in [0.29, 0.717) is 25.4 Å². The van der Waals surface area contributed by atoms with Crippen molar-refractivity contribution < 1.29 is 9.59 Å². The van der Waals surface area contributed by atoms with Gasteiger partial charge in [-0.05, 0) is 57.2 Å². The van der Waals surface area contributed by atoms with Crippen molar-refractivity contribution in [2.24, 2.45) is 11.3 Å². The Balaban J connectivity index is 1.25. The molecule has 0 radical (unpaired) electrons. The predicted octanol–water partition coefficient (Wildman–Crippen LogP) is 1.70. The summed E-state index contributed by atoms with van der Waals surface area (Å²) in [6.07, 6.45) is 6.96. The van der Waals surface area contributed by atoms with Gasteiger partial charge in [-0.3, -0.25) is 19.5 Å². The minimum Gasteiger partial charge on any atom is -0.350 e. The summed E-state index contributed by atoms with van der Waals surface area (Å²) in [5, 5.41) is 12.3. The Hall–Kier alpha value is -2.46. The SMILES string of the molecule is N#CC1(C(=O)N2CCC(N3CCCC(C(=O)NCc4ccccn4)C3)CC2)CC1. The van der Waals surface area contributed by atoms with Gasteiger partial charge in [-0.25, -0.2) is 0 Å². The van der Waals surface area contributed by atoms with E-state index in [9.17, 15) is 14.9 Å². The Bertz CT molecular complexity index is 778. The van der Waals surface area contributed by atoms with Crippen molar-refractivity contribution in [3.05, 3.63) is 30.1 Å². The van der Waals surface area contributed by atoms with Crippen molar-refractivity contribution in [1.29, 1.82) is 5.26 Å². The fraction of sp³-hybridized carbons (Fsp3) is 0.636. The molecule has 0 spiro atoms. The van der Waals surface area contributed by atoms with Gasteiger partial charge in [0.15, 0.2) is 0 Å². The third-order valence-electron chi connectivity index (χ3n) is 6.63. The zero-order valence-corrected chi connectivity index (χ0v) is 16.8. The molecule has 3 aliphatic rings. The van der Waals surface area contributed by atoms with Crippen molar-refractivity contribution in [2.45, 2.75) is 51.1 Å². The van der Waals surface area contributed by atoms with E-state index in [2.05, 4.69) is 21.3 Å². The number of nitriles is 1. The van der Waals surface area contributed by atoms with E-state index >= 15 is 0 Å². The second-order valence-electron chi connectivity index (χ2n) is 8.59. The van der Waals surface area contributed by atoms with Crippen molar-refractivity contribution in [2.75, 3.05) is 26.2 Å². The number of rotatable bonds is 5. The molecule has 29 heavy (non-hydrogen) atoms. The summed E-state index contributed by atoms with van der Waals surface area (Å²) in [5.74, 6) is 0.155. The van der Waals surface area contributed by atoms with Crippen LogP contribution in [-0.4, -0.2) is 58.8 Å². The summed E-state index contributed by atoms with van der Waals surface area (Å²) in [5.41, 5.74) is 0.158. The van der Waals surface area contributed by atoms with Gasteiger partial charge in [0.2, 0.25) is 11.8 Å².